The molecule has 0 aliphatic rings. The van der Waals surface area contributed by atoms with Gasteiger partial charge in [-0.3, -0.25) is 9.69 Å². The highest BCUT2D eigenvalue weighted by molar-refractivity contribution is 5.67. The molecule has 0 radical (unpaired) electrons. The van der Waals surface area contributed by atoms with Crippen molar-refractivity contribution in [3.8, 4) is 0 Å². The normalized spacial score (nSPS) is 12.5. The molecule has 0 spiro atoms. The molecule has 3 nitrogen and oxygen atoms in total. The summed E-state index contributed by atoms with van der Waals surface area (Å²) in [4.78, 5) is 12.5. The Morgan fingerprint density at radius 1 is 1.46 bits per heavy atom. The summed E-state index contributed by atoms with van der Waals surface area (Å²) in [7, 11) is 0. The predicted molar refractivity (Wildman–Crippen MR) is 53.7 cm³/mol. The maximum absolute atomic E-state index is 10.4. The van der Waals surface area contributed by atoms with E-state index >= 15 is 0 Å². The monoisotopic (exact) mass is 183 g/mol. The van der Waals surface area contributed by atoms with Gasteiger partial charge in [-0.05, 0) is 6.92 Å². The molecule has 0 heterocycles. The molecular weight excluding hydrogens is 166 g/mol. The van der Waals surface area contributed by atoms with Gasteiger partial charge in [-0.1, -0.05) is 12.2 Å². The molecule has 0 aliphatic heterocycles. The molecule has 1 atom stereocenters. The molecule has 0 saturated carbocycles. The van der Waals surface area contributed by atoms with Gasteiger partial charge in [-0.2, -0.15) is 0 Å². The van der Waals surface area contributed by atoms with Crippen molar-refractivity contribution < 1.29 is 9.90 Å². The third-order valence-electron chi connectivity index (χ3n) is 1.82. The molecule has 1 unspecified atom stereocenters. The Morgan fingerprint density at radius 2 is 1.92 bits per heavy atom. The Balaban J connectivity index is 4.08. The largest absolute Gasteiger partial charge is 0.481 e. The SMILES string of the molecule is C=CCN(CC=C)C(C)CC(=O)O. The number of hydrogen-bond donors (Lipinski definition) is 1. The van der Waals surface area contributed by atoms with Crippen LogP contribution in [0.5, 0.6) is 0 Å². The van der Waals surface area contributed by atoms with E-state index in [9.17, 15) is 4.79 Å². The van der Waals surface area contributed by atoms with Gasteiger partial charge in [0.15, 0.2) is 0 Å². The molecule has 0 aromatic rings. The van der Waals surface area contributed by atoms with Gasteiger partial charge in [-0.15, -0.1) is 13.2 Å². The lowest BCUT2D eigenvalue weighted by Gasteiger charge is -2.25. The Bertz CT molecular complexity index is 179. The Kier molecular flexibility index (Phi) is 5.89. The van der Waals surface area contributed by atoms with E-state index in [4.69, 9.17) is 5.11 Å². The Labute approximate surface area is 79.4 Å². The van der Waals surface area contributed by atoms with Gasteiger partial charge in [0.2, 0.25) is 0 Å². The maximum atomic E-state index is 10.4. The van der Waals surface area contributed by atoms with Gasteiger partial charge >= 0.3 is 5.97 Å². The van der Waals surface area contributed by atoms with Gasteiger partial charge in [0.1, 0.15) is 0 Å². The summed E-state index contributed by atoms with van der Waals surface area (Å²) in [6.07, 6.45) is 3.69. The summed E-state index contributed by atoms with van der Waals surface area (Å²) < 4.78 is 0. The number of nitrogens with zero attached hydrogens (tertiary/aromatic N) is 1. The molecule has 13 heavy (non-hydrogen) atoms. The van der Waals surface area contributed by atoms with Crippen LogP contribution < -0.4 is 0 Å². The molecule has 0 bridgehead atoms. The molecule has 0 aliphatic carbocycles. The van der Waals surface area contributed by atoms with Crippen molar-refractivity contribution in [1.29, 1.82) is 0 Å². The first-order valence-corrected chi connectivity index (χ1v) is 4.29. The van der Waals surface area contributed by atoms with Gasteiger partial charge in [-0.25, -0.2) is 0 Å². The summed E-state index contributed by atoms with van der Waals surface area (Å²) in [6.45, 7) is 10.5. The number of aliphatic carboxylic acids is 1. The van der Waals surface area contributed by atoms with Crippen LogP contribution in [0.4, 0.5) is 0 Å². The summed E-state index contributed by atoms with van der Waals surface area (Å²) in [5, 5.41) is 8.59. The standard InChI is InChI=1S/C10H17NO2/c1-4-6-11(7-5-2)9(3)8-10(12)13/h4-5,9H,1-2,6-8H2,3H3,(H,12,13). The number of rotatable bonds is 7. The highest BCUT2D eigenvalue weighted by Crippen LogP contribution is 2.03. The van der Waals surface area contributed by atoms with Crippen LogP contribution in [-0.4, -0.2) is 35.1 Å². The Morgan fingerprint density at radius 3 is 2.23 bits per heavy atom. The van der Waals surface area contributed by atoms with Gasteiger partial charge in [0.05, 0.1) is 6.42 Å². The van der Waals surface area contributed by atoms with Crippen LogP contribution in [0.25, 0.3) is 0 Å². The van der Waals surface area contributed by atoms with E-state index in [1.807, 2.05) is 11.8 Å². The zero-order valence-electron chi connectivity index (χ0n) is 8.07. The topological polar surface area (TPSA) is 40.5 Å². The molecular formula is C10H17NO2. The van der Waals surface area contributed by atoms with Crippen LogP contribution in [0, 0.1) is 0 Å². The molecule has 3 heteroatoms. The second kappa shape index (κ2) is 6.43. The van der Waals surface area contributed by atoms with E-state index in [-0.39, 0.29) is 12.5 Å². The lowest BCUT2D eigenvalue weighted by molar-refractivity contribution is -0.138. The van der Waals surface area contributed by atoms with E-state index in [0.29, 0.717) is 13.1 Å². The fourth-order valence-electron chi connectivity index (χ4n) is 1.15. The van der Waals surface area contributed by atoms with Crippen LogP contribution in [0.15, 0.2) is 25.3 Å². The van der Waals surface area contributed by atoms with E-state index < -0.39 is 5.97 Å². The quantitative estimate of drug-likeness (QED) is 0.608. The third kappa shape index (κ3) is 5.20. The van der Waals surface area contributed by atoms with Crippen LogP contribution in [0.2, 0.25) is 0 Å². The molecule has 0 aromatic heterocycles. The summed E-state index contributed by atoms with van der Waals surface area (Å²) in [5.74, 6) is -0.773. The average Bonchev–Trinajstić information content (AvgIpc) is 2.02. The van der Waals surface area contributed by atoms with E-state index in [0.717, 1.165) is 0 Å². The zero-order chi connectivity index (χ0) is 10.3. The van der Waals surface area contributed by atoms with Crippen molar-refractivity contribution in [2.75, 3.05) is 13.1 Å². The maximum Gasteiger partial charge on any atom is 0.304 e. The fraction of sp³-hybridized carbons (Fsp3) is 0.500. The lowest BCUT2D eigenvalue weighted by atomic mass is 10.2. The van der Waals surface area contributed by atoms with Crippen molar-refractivity contribution in [1.82, 2.24) is 4.90 Å². The first kappa shape index (κ1) is 11.9. The number of hydrogen-bond acceptors (Lipinski definition) is 2. The zero-order valence-corrected chi connectivity index (χ0v) is 8.07. The van der Waals surface area contributed by atoms with Crippen LogP contribution in [0.1, 0.15) is 13.3 Å². The molecule has 0 rings (SSSR count). The summed E-state index contributed by atoms with van der Waals surface area (Å²) in [6, 6.07) is 0.0218. The van der Waals surface area contributed by atoms with Gasteiger partial charge in [0.25, 0.3) is 0 Å². The smallest absolute Gasteiger partial charge is 0.304 e. The first-order valence-electron chi connectivity index (χ1n) is 4.29. The minimum absolute atomic E-state index is 0.0218. The van der Waals surface area contributed by atoms with Crippen molar-refractivity contribution in [2.45, 2.75) is 19.4 Å². The van der Waals surface area contributed by atoms with Crippen molar-refractivity contribution >= 4 is 5.97 Å². The molecule has 74 valence electrons. The molecule has 0 saturated heterocycles. The second-order valence-corrected chi connectivity index (χ2v) is 2.98. The van der Waals surface area contributed by atoms with Gasteiger partial charge < -0.3 is 5.11 Å². The van der Waals surface area contributed by atoms with Crippen LogP contribution in [-0.2, 0) is 4.79 Å². The van der Waals surface area contributed by atoms with E-state index in [2.05, 4.69) is 13.2 Å². The molecule has 0 amide bonds. The number of carboxylic acids is 1. The minimum Gasteiger partial charge on any atom is -0.481 e. The van der Waals surface area contributed by atoms with E-state index in [1.165, 1.54) is 0 Å². The van der Waals surface area contributed by atoms with Crippen LogP contribution >= 0.6 is 0 Å². The second-order valence-electron chi connectivity index (χ2n) is 2.98. The molecule has 1 N–H and O–H groups in total. The highest BCUT2D eigenvalue weighted by atomic mass is 16.4. The number of carboxylic acid groups (broad SMARTS) is 1. The van der Waals surface area contributed by atoms with Crippen LogP contribution in [0.3, 0.4) is 0 Å². The summed E-state index contributed by atoms with van der Waals surface area (Å²) >= 11 is 0. The predicted octanol–water partition coefficient (Wildman–Crippen LogP) is 1.52. The summed E-state index contributed by atoms with van der Waals surface area (Å²) in [5.41, 5.74) is 0. The Hall–Kier alpha value is -1.09. The molecule has 0 fully saturated rings. The van der Waals surface area contributed by atoms with Crippen molar-refractivity contribution in [3.05, 3.63) is 25.3 Å². The first-order chi connectivity index (χ1) is 6.11. The highest BCUT2D eigenvalue weighted by Gasteiger charge is 2.13. The fourth-order valence-corrected chi connectivity index (χ4v) is 1.15. The van der Waals surface area contributed by atoms with Crippen molar-refractivity contribution in [2.24, 2.45) is 0 Å². The minimum atomic E-state index is -0.773. The third-order valence-corrected chi connectivity index (χ3v) is 1.82. The molecule has 0 aromatic carbocycles. The lowest BCUT2D eigenvalue weighted by Crippen LogP contribution is -2.34. The average molecular weight is 183 g/mol. The number of carbonyl (C=O) groups is 1. The van der Waals surface area contributed by atoms with Crippen molar-refractivity contribution in [3.63, 3.8) is 0 Å². The van der Waals surface area contributed by atoms with E-state index in [1.54, 1.807) is 12.2 Å². The van der Waals surface area contributed by atoms with Gasteiger partial charge in [0, 0.05) is 19.1 Å².